The first-order chi connectivity index (χ1) is 5.83. The second kappa shape index (κ2) is 4.70. The zero-order chi connectivity index (χ0) is 8.55. The van der Waals surface area contributed by atoms with Gasteiger partial charge in [-0.3, -0.25) is 16.5 Å². The number of hydrogen-bond donors (Lipinski definition) is 1. The summed E-state index contributed by atoms with van der Waals surface area (Å²) in [6.45, 7) is 0.930. The summed E-state index contributed by atoms with van der Waals surface area (Å²) < 4.78 is 1.88. The van der Waals surface area contributed by atoms with E-state index in [9.17, 15) is 4.79 Å². The van der Waals surface area contributed by atoms with Gasteiger partial charge in [-0.05, 0) is 12.8 Å². The van der Waals surface area contributed by atoms with Crippen LogP contribution in [0.4, 0.5) is 0 Å². The van der Waals surface area contributed by atoms with E-state index in [0.717, 1.165) is 25.1 Å². The minimum Gasteiger partial charge on any atom is -0.504 e. The van der Waals surface area contributed by atoms with Crippen molar-refractivity contribution < 1.29 is 56.2 Å². The van der Waals surface area contributed by atoms with E-state index in [1.165, 1.54) is 0 Å². The molecule has 0 atom stereocenters. The molecule has 0 saturated heterocycles. The molecule has 1 aromatic rings. The van der Waals surface area contributed by atoms with E-state index in [1.54, 1.807) is 6.20 Å². The second-order valence-corrected chi connectivity index (χ2v) is 2.84. The van der Waals surface area contributed by atoms with Gasteiger partial charge in [-0.1, -0.05) is 0 Å². The topological polar surface area (TPSA) is 46.9 Å². The summed E-state index contributed by atoms with van der Waals surface area (Å²) in [7, 11) is 3.33. The maximum atomic E-state index is 11.2. The van der Waals surface area contributed by atoms with Crippen LogP contribution in [0.5, 0.6) is 0 Å². The first-order valence-corrected chi connectivity index (χ1v) is 3.95. The number of aromatic nitrogens is 2. The molecule has 0 unspecified atom stereocenters. The van der Waals surface area contributed by atoms with E-state index < -0.39 is 0 Å². The van der Waals surface area contributed by atoms with Crippen molar-refractivity contribution in [2.75, 3.05) is 0 Å². The van der Waals surface area contributed by atoms with Crippen molar-refractivity contribution in [1.29, 1.82) is 0 Å². The summed E-state index contributed by atoms with van der Waals surface area (Å²) >= 11 is 0. The van der Waals surface area contributed by atoms with Crippen LogP contribution in [-0.4, -0.2) is 15.7 Å². The van der Waals surface area contributed by atoms with Crippen LogP contribution < -0.4 is 56.7 Å². The molecule has 1 aliphatic heterocycles. The first-order valence-electron chi connectivity index (χ1n) is 3.95. The summed E-state index contributed by atoms with van der Waals surface area (Å²) in [6.07, 6.45) is 3.64. The Kier molecular flexibility index (Phi) is 4.12. The summed E-state index contributed by atoms with van der Waals surface area (Å²) in [5.41, 5.74) is 1.71. The number of nitrogens with one attached hydrogen (secondary N) is 1. The third-order valence-electron chi connectivity index (χ3n) is 2.14. The number of hydrogen-bond acceptors (Lipinski definition) is 2. The van der Waals surface area contributed by atoms with Crippen LogP contribution in [0.15, 0.2) is 6.20 Å². The quantitative estimate of drug-likeness (QED) is 0.400. The summed E-state index contributed by atoms with van der Waals surface area (Å²) in [5.74, 6) is -0.141. The molecule has 0 radical (unpaired) electrons. The van der Waals surface area contributed by atoms with Crippen LogP contribution in [-0.2, 0) is 13.0 Å². The first kappa shape index (κ1) is 11.4. The molecule has 0 aliphatic carbocycles. The van der Waals surface area contributed by atoms with Crippen LogP contribution in [0, 0.1) is 7.05 Å². The van der Waals surface area contributed by atoms with Crippen LogP contribution >= 0.6 is 0 Å². The van der Waals surface area contributed by atoms with Gasteiger partial charge in [0.2, 0.25) is 5.91 Å². The molecule has 0 fully saturated rings. The fourth-order valence-corrected chi connectivity index (χ4v) is 1.55. The minimum atomic E-state index is -0.141. The van der Waals surface area contributed by atoms with Crippen molar-refractivity contribution in [3.05, 3.63) is 24.5 Å². The molecule has 2 heterocycles. The molecule has 1 aliphatic rings. The van der Waals surface area contributed by atoms with E-state index in [1.807, 2.05) is 4.68 Å². The van der Waals surface area contributed by atoms with Crippen molar-refractivity contribution in [3.8, 4) is 0 Å². The number of rotatable bonds is 1. The molecule has 1 aromatic heterocycles. The van der Waals surface area contributed by atoms with Gasteiger partial charge in [-0.25, -0.2) is 0 Å². The monoisotopic (exact) mass is 203 g/mol. The van der Waals surface area contributed by atoms with Crippen molar-refractivity contribution in [3.63, 3.8) is 0 Å². The van der Waals surface area contributed by atoms with E-state index in [2.05, 4.69) is 17.5 Å². The Morgan fingerprint density at radius 1 is 1.69 bits per heavy atom. The Balaban J connectivity index is 0.000000845. The maximum absolute atomic E-state index is 11.2. The van der Waals surface area contributed by atoms with Crippen LogP contribution in [0.3, 0.4) is 0 Å². The second-order valence-electron chi connectivity index (χ2n) is 2.84. The molecule has 0 bridgehead atoms. The number of carbonyl (C=O) groups excluding carboxylic acids is 1. The summed E-state index contributed by atoms with van der Waals surface area (Å²) in [6, 6.07) is 0. The van der Waals surface area contributed by atoms with Gasteiger partial charge in [-0.2, -0.15) is 5.10 Å². The van der Waals surface area contributed by atoms with E-state index >= 15 is 0 Å². The molecule has 0 spiro atoms. The molecule has 13 heavy (non-hydrogen) atoms. The summed E-state index contributed by atoms with van der Waals surface area (Å²) in [4.78, 5) is 11.2. The Morgan fingerprint density at radius 2 is 2.46 bits per heavy atom. The van der Waals surface area contributed by atoms with Crippen molar-refractivity contribution >= 4 is 5.91 Å². The van der Waals surface area contributed by atoms with Crippen molar-refractivity contribution in [2.45, 2.75) is 19.4 Å². The van der Waals surface area contributed by atoms with Gasteiger partial charge in [0.05, 0.1) is 17.5 Å². The fourth-order valence-electron chi connectivity index (χ4n) is 1.55. The average molecular weight is 203 g/mol. The Morgan fingerprint density at radius 3 is 3.15 bits per heavy atom. The van der Waals surface area contributed by atoms with Gasteiger partial charge >= 0.3 is 51.4 Å². The predicted molar refractivity (Wildman–Crippen MR) is 43.4 cm³/mol. The SMILES string of the molecule is [CH2-]NC(=O)c1cnn2c1CCC2.[K+]. The molecule has 1 N–H and O–H groups in total. The van der Waals surface area contributed by atoms with E-state index in [4.69, 9.17) is 0 Å². The fraction of sp³-hybridized carbons (Fsp3) is 0.375. The number of amides is 1. The molecule has 0 saturated carbocycles. The number of carbonyl (C=O) groups is 1. The third kappa shape index (κ3) is 2.05. The Labute approximate surface area is 119 Å². The molecule has 1 amide bonds. The smallest absolute Gasteiger partial charge is 0.504 e. The van der Waals surface area contributed by atoms with Gasteiger partial charge < -0.3 is 5.32 Å². The molecule has 4 nitrogen and oxygen atoms in total. The van der Waals surface area contributed by atoms with Gasteiger partial charge in [0.15, 0.2) is 0 Å². The van der Waals surface area contributed by atoms with Crippen LogP contribution in [0.2, 0.25) is 0 Å². The van der Waals surface area contributed by atoms with Gasteiger partial charge in [-0.15, -0.1) is 0 Å². The van der Waals surface area contributed by atoms with E-state index in [-0.39, 0.29) is 57.3 Å². The number of aryl methyl sites for hydroxylation is 1. The summed E-state index contributed by atoms with van der Waals surface area (Å²) in [5, 5.41) is 6.45. The van der Waals surface area contributed by atoms with Crippen LogP contribution in [0.25, 0.3) is 0 Å². The number of fused-ring (bicyclic) bond motifs is 1. The molecule has 64 valence electrons. The molecular formula is C8H10KN3O. The number of nitrogens with zero attached hydrogens (tertiary/aromatic N) is 2. The third-order valence-corrected chi connectivity index (χ3v) is 2.14. The molecule has 2 rings (SSSR count). The zero-order valence-corrected chi connectivity index (χ0v) is 10.8. The van der Waals surface area contributed by atoms with Gasteiger partial charge in [0, 0.05) is 6.54 Å². The Bertz CT molecular complexity index is 321. The normalized spacial score (nSPS) is 13.3. The molecule has 5 heteroatoms. The van der Waals surface area contributed by atoms with E-state index in [0.29, 0.717) is 5.56 Å². The average Bonchev–Trinajstić information content (AvgIpc) is 2.62. The standard InChI is InChI=1S/C8H10N3O.K/c1-9-8(12)6-5-10-11-4-2-3-7(6)11;/h5H,1-4H2,(H,9,12);/q-1;+1. The van der Waals surface area contributed by atoms with Gasteiger partial charge in [0.25, 0.3) is 0 Å². The molecule has 0 aromatic carbocycles. The molecular weight excluding hydrogens is 193 g/mol. The van der Waals surface area contributed by atoms with Crippen molar-refractivity contribution in [2.24, 2.45) is 0 Å². The maximum Gasteiger partial charge on any atom is 1.00 e. The van der Waals surface area contributed by atoms with Gasteiger partial charge in [0.1, 0.15) is 0 Å². The predicted octanol–water partition coefficient (Wildman–Crippen LogP) is -2.65. The zero-order valence-electron chi connectivity index (χ0n) is 7.71. The van der Waals surface area contributed by atoms with Crippen molar-refractivity contribution in [1.82, 2.24) is 15.1 Å². The van der Waals surface area contributed by atoms with Crippen LogP contribution in [0.1, 0.15) is 22.5 Å². The Hall–Kier alpha value is 0.316. The minimum absolute atomic E-state index is 0. The largest absolute Gasteiger partial charge is 1.00 e.